The molecule has 3 aliphatic heterocycles. The summed E-state index contributed by atoms with van der Waals surface area (Å²) in [4.78, 5) is 43.9. The Morgan fingerprint density at radius 3 is 2.47 bits per heavy atom. The molecule has 0 aliphatic carbocycles. The highest BCUT2D eigenvalue weighted by Gasteiger charge is 2.37. The number of anilines is 3. The molecule has 9 nitrogen and oxygen atoms in total. The summed E-state index contributed by atoms with van der Waals surface area (Å²) in [5.74, 6) is 0.527. The van der Waals surface area contributed by atoms with Gasteiger partial charge in [-0.15, -0.1) is 0 Å². The van der Waals surface area contributed by atoms with Crippen LogP contribution in [-0.4, -0.2) is 76.6 Å². The molecular formula is C39H48ClN7O2. The zero-order valence-electron chi connectivity index (χ0n) is 29.3. The van der Waals surface area contributed by atoms with Crippen LogP contribution < -0.4 is 15.8 Å². The third kappa shape index (κ3) is 6.55. The van der Waals surface area contributed by atoms with E-state index in [2.05, 4.69) is 47.3 Å². The highest BCUT2D eigenvalue weighted by molar-refractivity contribution is 6.33. The van der Waals surface area contributed by atoms with Crippen molar-refractivity contribution in [2.45, 2.75) is 71.8 Å². The van der Waals surface area contributed by atoms with Crippen molar-refractivity contribution in [3.8, 4) is 11.1 Å². The molecule has 258 valence electrons. The van der Waals surface area contributed by atoms with Gasteiger partial charge in [0.25, 0.3) is 5.56 Å². The molecule has 5 heterocycles. The number of fused-ring (bicyclic) bond motifs is 1. The summed E-state index contributed by atoms with van der Waals surface area (Å²) in [6, 6.07) is 13.7. The van der Waals surface area contributed by atoms with E-state index in [0.29, 0.717) is 52.7 Å². The highest BCUT2D eigenvalue weighted by Crippen LogP contribution is 2.42. The maximum atomic E-state index is 14.5. The average molecular weight is 682 g/mol. The van der Waals surface area contributed by atoms with Gasteiger partial charge in [0.15, 0.2) is 0 Å². The number of carbonyl (C=O) groups excluding carboxylic acids is 1. The van der Waals surface area contributed by atoms with Gasteiger partial charge in [-0.3, -0.25) is 14.2 Å². The summed E-state index contributed by atoms with van der Waals surface area (Å²) in [6.45, 7) is 11.8. The molecule has 7 rings (SSSR count). The topological polar surface area (TPSA) is 86.6 Å². The van der Waals surface area contributed by atoms with Crippen molar-refractivity contribution in [1.29, 1.82) is 0 Å². The van der Waals surface area contributed by atoms with Crippen molar-refractivity contribution in [2.24, 2.45) is 5.41 Å². The lowest BCUT2D eigenvalue weighted by atomic mass is 9.71. The Labute approximate surface area is 294 Å². The van der Waals surface area contributed by atoms with Gasteiger partial charge in [-0.1, -0.05) is 36.7 Å². The normalized spacial score (nSPS) is 19.8. The first-order valence-corrected chi connectivity index (χ1v) is 18.3. The fourth-order valence-electron chi connectivity index (χ4n) is 8.36. The minimum Gasteiger partial charge on any atom is -0.371 e. The molecule has 1 spiro atoms. The van der Waals surface area contributed by atoms with Crippen LogP contribution in [0, 0.1) is 19.3 Å². The summed E-state index contributed by atoms with van der Waals surface area (Å²) in [6.07, 6.45) is 8.98. The predicted molar refractivity (Wildman–Crippen MR) is 199 cm³/mol. The molecule has 2 aromatic carbocycles. The van der Waals surface area contributed by atoms with Crippen molar-refractivity contribution in [3.05, 3.63) is 75.2 Å². The van der Waals surface area contributed by atoms with Gasteiger partial charge in [-0.2, -0.15) is 4.98 Å². The molecule has 3 fully saturated rings. The van der Waals surface area contributed by atoms with E-state index in [0.717, 1.165) is 42.6 Å². The van der Waals surface area contributed by atoms with Gasteiger partial charge >= 0.3 is 0 Å². The number of piperidine rings is 3. The summed E-state index contributed by atoms with van der Waals surface area (Å²) in [5.41, 5.74) is 6.36. The summed E-state index contributed by atoms with van der Waals surface area (Å²) >= 11 is 6.66. The molecule has 1 atom stereocenters. The number of hydrogen-bond acceptors (Lipinski definition) is 7. The SMILES string of the molecule is CCC(=O)N1CCC[C@H](n2c(=O)c(-c3ccccc3Cl)c(C)c3cnc(Nc4ccc(N5CCC6(CCN(C)CC6)CC5)c(C)c4)nc32)C1. The number of hydrogen-bond donors (Lipinski definition) is 1. The van der Waals surface area contributed by atoms with Crippen LogP contribution in [0.5, 0.6) is 0 Å². The molecule has 1 amide bonds. The predicted octanol–water partition coefficient (Wildman–Crippen LogP) is 7.36. The van der Waals surface area contributed by atoms with Gasteiger partial charge in [-0.05, 0) is 113 Å². The molecule has 10 heteroatoms. The zero-order chi connectivity index (χ0) is 34.3. The lowest BCUT2D eigenvalue weighted by Gasteiger charge is -2.47. The number of aryl methyl sites for hydroxylation is 2. The third-order valence-corrected chi connectivity index (χ3v) is 11.8. The van der Waals surface area contributed by atoms with Crippen molar-refractivity contribution < 1.29 is 4.79 Å². The number of nitrogens with one attached hydrogen (secondary N) is 1. The first-order chi connectivity index (χ1) is 23.7. The van der Waals surface area contributed by atoms with Gasteiger partial charge < -0.3 is 20.0 Å². The largest absolute Gasteiger partial charge is 0.371 e. The Morgan fingerprint density at radius 2 is 1.76 bits per heavy atom. The van der Waals surface area contributed by atoms with Crippen molar-refractivity contribution in [1.82, 2.24) is 24.3 Å². The first-order valence-electron chi connectivity index (χ1n) is 17.9. The smallest absolute Gasteiger partial charge is 0.260 e. The van der Waals surface area contributed by atoms with Crippen LogP contribution in [0.25, 0.3) is 22.2 Å². The molecule has 4 aromatic rings. The number of amides is 1. The summed E-state index contributed by atoms with van der Waals surface area (Å²) < 4.78 is 1.80. The van der Waals surface area contributed by atoms with Crippen molar-refractivity contribution in [2.75, 3.05) is 56.5 Å². The Kier molecular flexibility index (Phi) is 9.41. The highest BCUT2D eigenvalue weighted by atomic mass is 35.5. The third-order valence-electron chi connectivity index (χ3n) is 11.4. The van der Waals surface area contributed by atoms with E-state index >= 15 is 0 Å². The standard InChI is InChI=1S/C39H48ClN7O2/c1-5-34(48)46-18-8-9-29(25-46)47-36-31(27(3)35(37(47)49)30-10-6-7-11-32(30)40)24-41-38(43-36)42-28-12-13-33(26(2)23-28)45-21-16-39(17-22-45)14-19-44(4)20-15-39/h6-7,10-13,23-24,29H,5,8-9,14-22,25H2,1-4H3,(H,41,42,43)/t29-/m0/s1. The quantitative estimate of drug-likeness (QED) is 0.228. The minimum absolute atomic E-state index is 0.0992. The number of carbonyl (C=O) groups is 1. The van der Waals surface area contributed by atoms with Crippen LogP contribution in [0.1, 0.15) is 69.0 Å². The number of likely N-dealkylation sites (tertiary alicyclic amines) is 2. The van der Waals surface area contributed by atoms with Crippen LogP contribution in [-0.2, 0) is 4.79 Å². The number of pyridine rings is 1. The molecule has 0 radical (unpaired) electrons. The molecule has 3 saturated heterocycles. The summed E-state index contributed by atoms with van der Waals surface area (Å²) in [7, 11) is 2.24. The number of halogens is 1. The molecule has 2 aromatic heterocycles. The molecule has 1 N–H and O–H groups in total. The average Bonchev–Trinajstić information content (AvgIpc) is 3.11. The number of benzene rings is 2. The van der Waals surface area contributed by atoms with Crippen LogP contribution in [0.15, 0.2) is 53.5 Å². The van der Waals surface area contributed by atoms with Gasteiger partial charge in [0.1, 0.15) is 5.65 Å². The van der Waals surface area contributed by atoms with E-state index in [4.69, 9.17) is 21.6 Å². The molecule has 0 bridgehead atoms. The van der Waals surface area contributed by atoms with E-state index in [1.165, 1.54) is 50.0 Å². The Balaban J connectivity index is 1.20. The first kappa shape index (κ1) is 33.5. The second-order valence-corrected chi connectivity index (χ2v) is 14.9. The van der Waals surface area contributed by atoms with Crippen LogP contribution in [0.4, 0.5) is 17.3 Å². The number of nitrogens with zero attached hydrogens (tertiary/aromatic N) is 6. The maximum absolute atomic E-state index is 14.5. The van der Waals surface area contributed by atoms with Crippen LogP contribution in [0.2, 0.25) is 5.02 Å². The molecular weight excluding hydrogens is 634 g/mol. The van der Waals surface area contributed by atoms with Crippen molar-refractivity contribution in [3.63, 3.8) is 0 Å². The summed E-state index contributed by atoms with van der Waals surface area (Å²) in [5, 5.41) is 4.74. The second-order valence-electron chi connectivity index (χ2n) is 14.5. The van der Waals surface area contributed by atoms with E-state index < -0.39 is 0 Å². The molecule has 0 unspecified atom stereocenters. The fraction of sp³-hybridized carbons (Fsp3) is 0.487. The van der Waals surface area contributed by atoms with Gasteiger partial charge in [0.05, 0.1) is 11.6 Å². The zero-order valence-corrected chi connectivity index (χ0v) is 30.0. The van der Waals surface area contributed by atoms with Gasteiger partial charge in [0.2, 0.25) is 11.9 Å². The van der Waals surface area contributed by atoms with Crippen LogP contribution in [0.3, 0.4) is 0 Å². The minimum atomic E-state index is -0.219. The van der Waals surface area contributed by atoms with E-state index in [9.17, 15) is 9.59 Å². The maximum Gasteiger partial charge on any atom is 0.260 e. The number of rotatable bonds is 6. The Bertz CT molecular complexity index is 1920. The van der Waals surface area contributed by atoms with Crippen molar-refractivity contribution >= 4 is 45.9 Å². The molecule has 3 aliphatic rings. The lowest BCUT2D eigenvalue weighted by molar-refractivity contribution is -0.132. The lowest BCUT2D eigenvalue weighted by Crippen LogP contribution is -2.46. The molecule has 49 heavy (non-hydrogen) atoms. The van der Waals surface area contributed by atoms with E-state index in [1.54, 1.807) is 10.6 Å². The fourth-order valence-corrected chi connectivity index (χ4v) is 8.59. The van der Waals surface area contributed by atoms with Gasteiger partial charge in [0, 0.05) is 66.1 Å². The monoisotopic (exact) mass is 681 g/mol. The van der Waals surface area contributed by atoms with E-state index in [1.807, 2.05) is 43.1 Å². The number of aromatic nitrogens is 3. The second kappa shape index (κ2) is 13.8. The molecule has 0 saturated carbocycles. The Hall–Kier alpha value is -3.95. The Morgan fingerprint density at radius 1 is 1.02 bits per heavy atom. The van der Waals surface area contributed by atoms with E-state index in [-0.39, 0.29) is 17.5 Å². The van der Waals surface area contributed by atoms with Gasteiger partial charge in [-0.25, -0.2) is 4.98 Å². The van der Waals surface area contributed by atoms with Crippen LogP contribution >= 0.6 is 11.6 Å².